The molecule has 0 aromatic carbocycles. The molecule has 0 aromatic rings. The molecule has 0 spiro atoms. The van der Waals surface area contributed by atoms with E-state index in [1.54, 1.807) is 0 Å². The Morgan fingerprint density at radius 3 is 2.00 bits per heavy atom. The van der Waals surface area contributed by atoms with Crippen molar-refractivity contribution in [2.75, 3.05) is 0 Å². The van der Waals surface area contributed by atoms with E-state index in [1.807, 2.05) is 0 Å². The predicted octanol–water partition coefficient (Wildman–Crippen LogP) is 2.84. The molecule has 0 radical (unpaired) electrons. The van der Waals surface area contributed by atoms with E-state index >= 15 is 0 Å². The van der Waals surface area contributed by atoms with Gasteiger partial charge in [-0.1, -0.05) is 19.8 Å². The van der Waals surface area contributed by atoms with Crippen LogP contribution in [0.1, 0.15) is 39.5 Å². The average Bonchev–Trinajstić information content (AvgIpc) is 2.39. The molecule has 0 heteroatoms. The van der Waals surface area contributed by atoms with E-state index in [0.29, 0.717) is 5.41 Å². The van der Waals surface area contributed by atoms with E-state index in [0.717, 1.165) is 5.92 Å². The minimum absolute atomic E-state index is 0.275. The number of hydrogen-bond acceptors (Lipinski definition) is 0. The molecule has 2 bridgehead atoms. The lowest BCUT2D eigenvalue weighted by molar-refractivity contribution is 0.197. The molecule has 0 aromatic heterocycles. The fourth-order valence-electron chi connectivity index (χ4n) is 3.20. The lowest BCUT2D eigenvalue weighted by Gasteiger charge is -2.32. The molecule has 0 aliphatic heterocycles. The van der Waals surface area contributed by atoms with Crippen molar-refractivity contribution in [2.24, 2.45) is 16.7 Å². The summed E-state index contributed by atoms with van der Waals surface area (Å²) in [7, 11) is 0. The highest BCUT2D eigenvalue weighted by molar-refractivity contribution is 5.21. The van der Waals surface area contributed by atoms with Crippen molar-refractivity contribution in [3.63, 3.8) is 0 Å². The van der Waals surface area contributed by atoms with E-state index in [-0.39, 0.29) is 5.41 Å². The summed E-state index contributed by atoms with van der Waals surface area (Å²) in [5, 5.41) is 0. The summed E-state index contributed by atoms with van der Waals surface area (Å²) in [6.07, 6.45) is 10.9. The van der Waals surface area contributed by atoms with Crippen LogP contribution in [0.2, 0.25) is 0 Å². The van der Waals surface area contributed by atoms with E-state index in [4.69, 9.17) is 6.42 Å². The van der Waals surface area contributed by atoms with Crippen LogP contribution in [0, 0.1) is 29.1 Å². The van der Waals surface area contributed by atoms with E-state index in [2.05, 4.69) is 19.8 Å². The van der Waals surface area contributed by atoms with Crippen molar-refractivity contribution >= 4 is 0 Å². The molecule has 0 atom stereocenters. The smallest absolute Gasteiger partial charge is 0.0365 e. The Morgan fingerprint density at radius 2 is 1.82 bits per heavy atom. The van der Waals surface area contributed by atoms with Crippen molar-refractivity contribution in [1.82, 2.24) is 0 Å². The Balaban J connectivity index is 2.43. The number of rotatable bonds is 0. The first-order valence-electron chi connectivity index (χ1n) is 4.60. The second kappa shape index (κ2) is 1.83. The zero-order valence-electron chi connectivity index (χ0n) is 7.48. The molecule has 2 fully saturated rings. The van der Waals surface area contributed by atoms with Crippen LogP contribution in [0.4, 0.5) is 0 Å². The van der Waals surface area contributed by atoms with Gasteiger partial charge in [0.05, 0.1) is 0 Å². The normalized spacial score (nSPS) is 45.7. The maximum Gasteiger partial charge on any atom is 0.0365 e. The Hall–Kier alpha value is -0.440. The monoisotopic (exact) mass is 148 g/mol. The van der Waals surface area contributed by atoms with Crippen molar-refractivity contribution < 1.29 is 0 Å². The zero-order valence-corrected chi connectivity index (χ0v) is 7.48. The Labute approximate surface area is 69.4 Å². The standard InChI is InChI=1S/C11H16/c1-4-11-7-5-9(6-8-11)10(11,2)3/h1,9H,5-8H2,2-3H3. The largest absolute Gasteiger partial charge is 0.119 e. The van der Waals surface area contributed by atoms with Gasteiger partial charge in [0.25, 0.3) is 0 Å². The first-order valence-corrected chi connectivity index (χ1v) is 4.60. The fraction of sp³-hybridized carbons (Fsp3) is 0.818. The van der Waals surface area contributed by atoms with E-state index in [1.165, 1.54) is 25.7 Å². The van der Waals surface area contributed by atoms with Crippen LogP contribution in [0.15, 0.2) is 0 Å². The van der Waals surface area contributed by atoms with Crippen LogP contribution in [-0.4, -0.2) is 0 Å². The number of hydrogen-bond donors (Lipinski definition) is 0. The third-order valence-electron chi connectivity index (χ3n) is 4.37. The third-order valence-corrected chi connectivity index (χ3v) is 4.37. The molecule has 0 N–H and O–H groups in total. The van der Waals surface area contributed by atoms with Crippen LogP contribution in [-0.2, 0) is 0 Å². The van der Waals surface area contributed by atoms with Crippen molar-refractivity contribution in [3.8, 4) is 12.3 Å². The van der Waals surface area contributed by atoms with Gasteiger partial charge in [-0.05, 0) is 37.0 Å². The number of terminal acetylenes is 1. The molecule has 11 heavy (non-hydrogen) atoms. The van der Waals surface area contributed by atoms with Crippen LogP contribution >= 0.6 is 0 Å². The maximum atomic E-state index is 5.63. The van der Waals surface area contributed by atoms with Gasteiger partial charge in [-0.2, -0.15) is 0 Å². The quantitative estimate of drug-likeness (QED) is 0.463. The molecule has 60 valence electrons. The van der Waals surface area contributed by atoms with E-state index < -0.39 is 0 Å². The summed E-state index contributed by atoms with van der Waals surface area (Å²) in [6.45, 7) is 4.72. The Bertz CT molecular complexity index is 209. The second-order valence-corrected chi connectivity index (χ2v) is 4.72. The third kappa shape index (κ3) is 0.625. The van der Waals surface area contributed by atoms with Crippen molar-refractivity contribution in [1.29, 1.82) is 0 Å². The lowest BCUT2D eigenvalue weighted by atomic mass is 9.70. The van der Waals surface area contributed by atoms with Gasteiger partial charge in [0, 0.05) is 5.41 Å². The second-order valence-electron chi connectivity index (χ2n) is 4.72. The van der Waals surface area contributed by atoms with Gasteiger partial charge < -0.3 is 0 Å². The molecular weight excluding hydrogens is 132 g/mol. The van der Waals surface area contributed by atoms with Crippen LogP contribution in [0.5, 0.6) is 0 Å². The highest BCUT2D eigenvalue weighted by Crippen LogP contribution is 2.65. The first-order chi connectivity index (χ1) is 5.12. The Kier molecular flexibility index (Phi) is 1.20. The predicted molar refractivity (Wildman–Crippen MR) is 47.0 cm³/mol. The molecule has 2 saturated carbocycles. The van der Waals surface area contributed by atoms with Gasteiger partial charge >= 0.3 is 0 Å². The minimum atomic E-state index is 0.275. The highest BCUT2D eigenvalue weighted by atomic mass is 14.6. The molecule has 0 heterocycles. The zero-order chi connectivity index (χ0) is 8.11. The summed E-state index contributed by atoms with van der Waals surface area (Å²) in [4.78, 5) is 0. The van der Waals surface area contributed by atoms with Gasteiger partial charge in [0.15, 0.2) is 0 Å². The summed E-state index contributed by atoms with van der Waals surface area (Å²) in [5.41, 5.74) is 0.708. The molecule has 2 aliphatic carbocycles. The van der Waals surface area contributed by atoms with Gasteiger partial charge in [0.1, 0.15) is 0 Å². The van der Waals surface area contributed by atoms with Gasteiger partial charge in [0.2, 0.25) is 0 Å². The molecular formula is C11H16. The van der Waals surface area contributed by atoms with Crippen LogP contribution < -0.4 is 0 Å². The van der Waals surface area contributed by atoms with Gasteiger partial charge in [-0.3, -0.25) is 0 Å². The molecule has 0 amide bonds. The molecule has 0 saturated heterocycles. The van der Waals surface area contributed by atoms with Crippen molar-refractivity contribution in [2.45, 2.75) is 39.5 Å². The molecule has 2 aliphatic rings. The Morgan fingerprint density at radius 1 is 1.27 bits per heavy atom. The molecule has 0 unspecified atom stereocenters. The highest BCUT2D eigenvalue weighted by Gasteiger charge is 2.57. The molecule has 0 nitrogen and oxygen atoms in total. The van der Waals surface area contributed by atoms with Crippen LogP contribution in [0.3, 0.4) is 0 Å². The van der Waals surface area contributed by atoms with E-state index in [9.17, 15) is 0 Å². The van der Waals surface area contributed by atoms with Crippen LogP contribution in [0.25, 0.3) is 0 Å². The molecule has 2 rings (SSSR count). The minimum Gasteiger partial charge on any atom is -0.119 e. The summed E-state index contributed by atoms with van der Waals surface area (Å²) in [5.74, 6) is 3.97. The van der Waals surface area contributed by atoms with Gasteiger partial charge in [-0.15, -0.1) is 6.42 Å². The lowest BCUT2D eigenvalue weighted by Crippen LogP contribution is -2.28. The summed E-state index contributed by atoms with van der Waals surface area (Å²) in [6, 6.07) is 0. The SMILES string of the molecule is C#CC12CCC(CC1)C2(C)C. The maximum absolute atomic E-state index is 5.63. The summed E-state index contributed by atoms with van der Waals surface area (Å²) < 4.78 is 0. The fourth-order valence-corrected chi connectivity index (χ4v) is 3.20. The van der Waals surface area contributed by atoms with Gasteiger partial charge in [-0.25, -0.2) is 0 Å². The first kappa shape index (κ1) is 7.22. The average molecular weight is 148 g/mol. The number of fused-ring (bicyclic) bond motifs is 2. The van der Waals surface area contributed by atoms with Crippen molar-refractivity contribution in [3.05, 3.63) is 0 Å². The topological polar surface area (TPSA) is 0 Å². The summed E-state index contributed by atoms with van der Waals surface area (Å²) >= 11 is 0.